The zero-order chi connectivity index (χ0) is 20.1. The highest BCUT2D eigenvalue weighted by molar-refractivity contribution is 5.71. The highest BCUT2D eigenvalue weighted by Crippen LogP contribution is 2.36. The molecule has 4 rings (SSSR count). The van der Waals surface area contributed by atoms with E-state index in [1.165, 1.54) is 0 Å². The molecule has 0 unspecified atom stereocenters. The lowest BCUT2D eigenvalue weighted by Crippen LogP contribution is -2.33. The van der Waals surface area contributed by atoms with Crippen LogP contribution in [0.1, 0.15) is 56.9 Å². The molecule has 0 bridgehead atoms. The van der Waals surface area contributed by atoms with Gasteiger partial charge in [-0.05, 0) is 50.5 Å². The maximum Gasteiger partial charge on any atom is 0.306 e. The molecule has 1 N–H and O–H groups in total. The summed E-state index contributed by atoms with van der Waals surface area (Å²) in [5, 5.41) is 10.5. The third kappa shape index (κ3) is 5.57. The van der Waals surface area contributed by atoms with Gasteiger partial charge in [0, 0.05) is 13.0 Å². The van der Waals surface area contributed by atoms with Gasteiger partial charge in [0.05, 0.1) is 37.1 Å². The Kier molecular flexibility index (Phi) is 7.19. The van der Waals surface area contributed by atoms with E-state index in [0.29, 0.717) is 26.1 Å². The smallest absolute Gasteiger partial charge is 0.306 e. The van der Waals surface area contributed by atoms with E-state index in [1.807, 2.05) is 30.3 Å². The minimum atomic E-state index is -0.465. The van der Waals surface area contributed by atoms with Crippen LogP contribution in [0.25, 0.3) is 0 Å². The van der Waals surface area contributed by atoms with Crippen LogP contribution in [0.2, 0.25) is 0 Å². The topological polar surface area (TPSA) is 74.2 Å². The van der Waals surface area contributed by atoms with Crippen molar-refractivity contribution < 1.29 is 28.8 Å². The van der Waals surface area contributed by atoms with Crippen LogP contribution in [0.15, 0.2) is 30.3 Å². The third-order valence-electron chi connectivity index (χ3n) is 6.24. The molecule has 1 aromatic carbocycles. The van der Waals surface area contributed by atoms with Crippen LogP contribution < -0.4 is 0 Å². The Labute approximate surface area is 172 Å². The standard InChI is InChI=1S/C23H32O6/c24-17(7-4-14-26-15-16-5-2-1-3-6-16)18-8-9-19(27-18)20-10-11-21(28-20)22-12-13-23(25)29-22/h1-3,5-6,17-22,24H,4,7-15H2/t17-,18-,19-,20+,21+,22-/m0/s1. The molecule has 0 spiro atoms. The van der Waals surface area contributed by atoms with Gasteiger partial charge in [0.25, 0.3) is 0 Å². The summed E-state index contributed by atoms with van der Waals surface area (Å²) in [4.78, 5) is 11.3. The van der Waals surface area contributed by atoms with Crippen LogP contribution in [-0.2, 0) is 30.3 Å². The summed E-state index contributed by atoms with van der Waals surface area (Å²) in [6.07, 6.45) is 5.76. The number of esters is 1. The Bertz CT molecular complexity index is 650. The Morgan fingerprint density at radius 2 is 1.69 bits per heavy atom. The fraction of sp³-hybridized carbons (Fsp3) is 0.696. The molecular formula is C23H32O6. The molecule has 160 valence electrons. The number of hydrogen-bond donors (Lipinski definition) is 1. The predicted molar refractivity (Wildman–Crippen MR) is 106 cm³/mol. The summed E-state index contributed by atoms with van der Waals surface area (Å²) in [5.74, 6) is -0.116. The van der Waals surface area contributed by atoms with Crippen molar-refractivity contribution >= 4 is 5.97 Å². The number of carbonyl (C=O) groups excluding carboxylic acids is 1. The summed E-state index contributed by atoms with van der Waals surface area (Å²) in [6, 6.07) is 10.1. The van der Waals surface area contributed by atoms with Gasteiger partial charge < -0.3 is 24.1 Å². The van der Waals surface area contributed by atoms with E-state index < -0.39 is 6.10 Å². The first kappa shape index (κ1) is 20.8. The number of benzene rings is 1. The van der Waals surface area contributed by atoms with Gasteiger partial charge in [0.15, 0.2) is 0 Å². The Hall–Kier alpha value is -1.47. The van der Waals surface area contributed by atoms with E-state index in [1.54, 1.807) is 0 Å². The maximum atomic E-state index is 11.3. The van der Waals surface area contributed by atoms with Crippen LogP contribution in [0, 0.1) is 0 Å². The lowest BCUT2D eigenvalue weighted by atomic mass is 10.0. The molecule has 0 aromatic heterocycles. The lowest BCUT2D eigenvalue weighted by Gasteiger charge is -2.24. The highest BCUT2D eigenvalue weighted by Gasteiger charge is 2.43. The molecule has 3 aliphatic heterocycles. The number of carbonyl (C=O) groups is 1. The monoisotopic (exact) mass is 404 g/mol. The molecule has 0 saturated carbocycles. The molecule has 0 aliphatic carbocycles. The largest absolute Gasteiger partial charge is 0.460 e. The Morgan fingerprint density at radius 1 is 0.966 bits per heavy atom. The second-order valence-corrected chi connectivity index (χ2v) is 8.40. The second-order valence-electron chi connectivity index (χ2n) is 8.40. The van der Waals surface area contributed by atoms with Gasteiger partial charge in [-0.3, -0.25) is 4.79 Å². The minimum absolute atomic E-state index is 0.000729. The van der Waals surface area contributed by atoms with Crippen molar-refractivity contribution in [3.05, 3.63) is 35.9 Å². The van der Waals surface area contributed by atoms with Gasteiger partial charge in [-0.1, -0.05) is 30.3 Å². The highest BCUT2D eigenvalue weighted by atomic mass is 16.6. The fourth-order valence-electron chi connectivity index (χ4n) is 4.64. The van der Waals surface area contributed by atoms with E-state index in [2.05, 4.69) is 0 Å². The molecule has 6 nitrogen and oxygen atoms in total. The van der Waals surface area contributed by atoms with Gasteiger partial charge in [0.1, 0.15) is 6.10 Å². The fourth-order valence-corrected chi connectivity index (χ4v) is 4.64. The average Bonchev–Trinajstić information content (AvgIpc) is 3.48. The Morgan fingerprint density at radius 3 is 2.45 bits per heavy atom. The lowest BCUT2D eigenvalue weighted by molar-refractivity contribution is -0.149. The van der Waals surface area contributed by atoms with Crippen LogP contribution >= 0.6 is 0 Å². The van der Waals surface area contributed by atoms with Crippen molar-refractivity contribution in [2.45, 2.75) is 94.6 Å². The number of aliphatic hydroxyl groups excluding tert-OH is 1. The van der Waals surface area contributed by atoms with Gasteiger partial charge >= 0.3 is 5.97 Å². The quantitative estimate of drug-likeness (QED) is 0.503. The number of cyclic esters (lactones) is 1. The predicted octanol–water partition coefficient (Wildman–Crippen LogP) is 3.15. The molecule has 3 saturated heterocycles. The van der Waals surface area contributed by atoms with Gasteiger partial charge in [0.2, 0.25) is 0 Å². The van der Waals surface area contributed by atoms with Gasteiger partial charge in [-0.15, -0.1) is 0 Å². The van der Waals surface area contributed by atoms with E-state index in [9.17, 15) is 9.90 Å². The summed E-state index contributed by atoms with van der Waals surface area (Å²) in [6.45, 7) is 1.24. The van der Waals surface area contributed by atoms with E-state index >= 15 is 0 Å². The molecule has 29 heavy (non-hydrogen) atoms. The number of rotatable bonds is 9. The maximum absolute atomic E-state index is 11.3. The molecule has 3 fully saturated rings. The molecule has 6 heteroatoms. The summed E-state index contributed by atoms with van der Waals surface area (Å²) < 4.78 is 23.3. The molecule has 3 aliphatic rings. The first-order chi connectivity index (χ1) is 14.2. The molecule has 0 amide bonds. The van der Waals surface area contributed by atoms with Crippen LogP contribution in [0.5, 0.6) is 0 Å². The number of aliphatic hydroxyl groups is 1. The molecule has 6 atom stereocenters. The van der Waals surface area contributed by atoms with Crippen molar-refractivity contribution in [3.63, 3.8) is 0 Å². The number of hydrogen-bond acceptors (Lipinski definition) is 6. The average molecular weight is 405 g/mol. The normalized spacial score (nSPS) is 33.1. The van der Waals surface area contributed by atoms with Crippen molar-refractivity contribution in [2.75, 3.05) is 6.61 Å². The van der Waals surface area contributed by atoms with Crippen molar-refractivity contribution in [1.29, 1.82) is 0 Å². The van der Waals surface area contributed by atoms with Gasteiger partial charge in [-0.25, -0.2) is 0 Å². The third-order valence-corrected chi connectivity index (χ3v) is 6.24. The molecular weight excluding hydrogens is 372 g/mol. The first-order valence-electron chi connectivity index (χ1n) is 11.0. The first-order valence-corrected chi connectivity index (χ1v) is 11.0. The molecule has 1 aromatic rings. The summed E-state index contributed by atoms with van der Waals surface area (Å²) in [7, 11) is 0. The Balaban J connectivity index is 1.12. The summed E-state index contributed by atoms with van der Waals surface area (Å²) >= 11 is 0. The van der Waals surface area contributed by atoms with Crippen LogP contribution in [0.3, 0.4) is 0 Å². The van der Waals surface area contributed by atoms with Crippen molar-refractivity contribution in [1.82, 2.24) is 0 Å². The van der Waals surface area contributed by atoms with E-state index in [0.717, 1.165) is 44.1 Å². The van der Waals surface area contributed by atoms with E-state index in [-0.39, 0.29) is 36.5 Å². The second kappa shape index (κ2) is 10.0. The zero-order valence-corrected chi connectivity index (χ0v) is 16.9. The zero-order valence-electron chi connectivity index (χ0n) is 16.9. The van der Waals surface area contributed by atoms with Gasteiger partial charge in [-0.2, -0.15) is 0 Å². The van der Waals surface area contributed by atoms with Crippen molar-refractivity contribution in [2.24, 2.45) is 0 Å². The van der Waals surface area contributed by atoms with Crippen molar-refractivity contribution in [3.8, 4) is 0 Å². The molecule has 3 heterocycles. The minimum Gasteiger partial charge on any atom is -0.460 e. The van der Waals surface area contributed by atoms with Crippen LogP contribution in [-0.4, -0.2) is 54.3 Å². The number of ether oxygens (including phenoxy) is 4. The van der Waals surface area contributed by atoms with Crippen LogP contribution in [0.4, 0.5) is 0 Å². The molecule has 0 radical (unpaired) electrons. The SMILES string of the molecule is O=C1CC[C@@H]([C@H]2CC[C@H]([C@@H]3CC[C@@H]([C@@H](O)CCCOCc4ccccc4)O3)O2)O1. The van der Waals surface area contributed by atoms with E-state index in [4.69, 9.17) is 18.9 Å². The summed E-state index contributed by atoms with van der Waals surface area (Å²) in [5.41, 5.74) is 1.16.